The van der Waals surface area contributed by atoms with Gasteiger partial charge < -0.3 is 38.7 Å². The third-order valence-electron chi connectivity index (χ3n) is 6.17. The second kappa shape index (κ2) is 9.29. The van der Waals surface area contributed by atoms with E-state index in [0.29, 0.717) is 46.0 Å². The van der Waals surface area contributed by atoms with Crippen molar-refractivity contribution < 1.29 is 19.3 Å². The molecule has 2 N–H and O–H groups in total. The van der Waals surface area contributed by atoms with Gasteiger partial charge in [0.2, 0.25) is 11.7 Å². The van der Waals surface area contributed by atoms with Crippen molar-refractivity contribution in [1.29, 1.82) is 0 Å². The SMILES string of the molecule is COc1cc(-n2cnc(Nc3nc(N4CCCC4CO)nc4c3ncn4C)c2)cc(OC)c1OC. The maximum absolute atomic E-state index is 9.78. The zero-order chi connectivity index (χ0) is 24.5. The van der Waals surface area contributed by atoms with Crippen molar-refractivity contribution >= 4 is 28.7 Å². The number of nitrogens with one attached hydrogen (secondary N) is 1. The largest absolute Gasteiger partial charge is 0.493 e. The van der Waals surface area contributed by atoms with Crippen LogP contribution in [-0.2, 0) is 7.05 Å². The molecule has 1 atom stereocenters. The second-order valence-electron chi connectivity index (χ2n) is 8.25. The molecule has 1 aliphatic heterocycles. The summed E-state index contributed by atoms with van der Waals surface area (Å²) in [6.07, 6.45) is 7.12. The van der Waals surface area contributed by atoms with E-state index in [-0.39, 0.29) is 12.6 Å². The third kappa shape index (κ3) is 4.05. The van der Waals surface area contributed by atoms with E-state index < -0.39 is 0 Å². The summed E-state index contributed by atoms with van der Waals surface area (Å²) in [6.45, 7) is 0.860. The molecular formula is C23H28N8O4. The lowest BCUT2D eigenvalue weighted by atomic mass is 10.2. The number of nitrogens with zero attached hydrogens (tertiary/aromatic N) is 7. The van der Waals surface area contributed by atoms with E-state index in [1.807, 2.05) is 39.4 Å². The number of fused-ring (bicyclic) bond motifs is 1. The van der Waals surface area contributed by atoms with Crippen molar-refractivity contribution in [3.8, 4) is 22.9 Å². The van der Waals surface area contributed by atoms with Crippen LogP contribution in [0, 0.1) is 0 Å². The molecule has 4 heterocycles. The summed E-state index contributed by atoms with van der Waals surface area (Å²) in [5, 5.41) is 13.1. The molecule has 184 valence electrons. The van der Waals surface area contributed by atoms with Crippen LogP contribution in [-0.4, -0.2) is 74.7 Å². The zero-order valence-electron chi connectivity index (χ0n) is 20.1. The Labute approximate surface area is 202 Å². The fourth-order valence-corrected chi connectivity index (χ4v) is 4.37. The molecule has 0 bridgehead atoms. The van der Waals surface area contributed by atoms with Gasteiger partial charge in [0, 0.05) is 25.7 Å². The van der Waals surface area contributed by atoms with Gasteiger partial charge in [0.15, 0.2) is 28.5 Å². The minimum Gasteiger partial charge on any atom is -0.493 e. The maximum atomic E-state index is 9.78. The standard InChI is InChI=1S/C23H28N8O4/c1-29-12-25-19-21(27-23(28-22(19)29)31-7-5-6-14(31)11-32)26-18-10-30(13-24-18)15-8-16(33-2)20(35-4)17(9-15)34-3/h8-10,12-14,32H,5-7,11H2,1-4H3,(H,26,27,28). The molecular weight excluding hydrogens is 452 g/mol. The van der Waals surface area contributed by atoms with E-state index in [2.05, 4.69) is 15.3 Å². The Balaban J connectivity index is 1.50. The molecule has 4 aromatic rings. The molecule has 0 amide bonds. The van der Waals surface area contributed by atoms with Crippen molar-refractivity contribution in [2.24, 2.45) is 7.05 Å². The first-order chi connectivity index (χ1) is 17.1. The molecule has 5 rings (SSSR count). The van der Waals surface area contributed by atoms with Crippen LogP contribution in [0.15, 0.2) is 31.0 Å². The minimum absolute atomic E-state index is 0.00719. The molecule has 1 aliphatic rings. The van der Waals surface area contributed by atoms with Gasteiger partial charge in [-0.3, -0.25) is 0 Å². The number of anilines is 3. The van der Waals surface area contributed by atoms with Gasteiger partial charge in [-0.05, 0) is 12.8 Å². The predicted octanol–water partition coefficient (Wildman–Crippen LogP) is 2.28. The number of ether oxygens (including phenoxy) is 3. The summed E-state index contributed by atoms with van der Waals surface area (Å²) in [5.41, 5.74) is 2.12. The highest BCUT2D eigenvalue weighted by atomic mass is 16.5. The molecule has 1 fully saturated rings. The summed E-state index contributed by atoms with van der Waals surface area (Å²) < 4.78 is 20.0. The molecule has 35 heavy (non-hydrogen) atoms. The van der Waals surface area contributed by atoms with Crippen LogP contribution >= 0.6 is 0 Å². The highest BCUT2D eigenvalue weighted by Crippen LogP contribution is 2.39. The quantitative estimate of drug-likeness (QED) is 0.388. The number of aryl methyl sites for hydroxylation is 1. The number of rotatable bonds is 8. The maximum Gasteiger partial charge on any atom is 0.229 e. The Hall–Kier alpha value is -4.06. The Morgan fingerprint density at radius 3 is 2.51 bits per heavy atom. The molecule has 3 aromatic heterocycles. The fraction of sp³-hybridized carbons (Fsp3) is 0.391. The average Bonchev–Trinajstić information content (AvgIpc) is 3.63. The summed E-state index contributed by atoms with van der Waals surface area (Å²) in [4.78, 5) is 20.5. The van der Waals surface area contributed by atoms with Crippen molar-refractivity contribution in [3.05, 3.63) is 31.0 Å². The molecule has 12 nitrogen and oxygen atoms in total. The van der Waals surface area contributed by atoms with Gasteiger partial charge in [-0.25, -0.2) is 9.97 Å². The lowest BCUT2D eigenvalue weighted by molar-refractivity contribution is 0.265. The van der Waals surface area contributed by atoms with E-state index in [9.17, 15) is 5.11 Å². The number of hydrogen-bond acceptors (Lipinski definition) is 10. The number of hydrogen-bond donors (Lipinski definition) is 2. The Kier molecular flexibility index (Phi) is 6.03. The van der Waals surface area contributed by atoms with Gasteiger partial charge in [0.25, 0.3) is 0 Å². The van der Waals surface area contributed by atoms with Gasteiger partial charge in [-0.2, -0.15) is 9.97 Å². The highest BCUT2D eigenvalue weighted by molar-refractivity contribution is 5.86. The second-order valence-corrected chi connectivity index (χ2v) is 8.25. The predicted molar refractivity (Wildman–Crippen MR) is 130 cm³/mol. The van der Waals surface area contributed by atoms with Gasteiger partial charge in [0.05, 0.1) is 52.2 Å². The molecule has 0 radical (unpaired) electrons. The monoisotopic (exact) mass is 480 g/mol. The van der Waals surface area contributed by atoms with Crippen molar-refractivity contribution in [1.82, 2.24) is 29.1 Å². The van der Waals surface area contributed by atoms with Crippen LogP contribution in [0.3, 0.4) is 0 Å². The molecule has 1 aromatic carbocycles. The average molecular weight is 481 g/mol. The van der Waals surface area contributed by atoms with Crippen molar-refractivity contribution in [3.63, 3.8) is 0 Å². The van der Waals surface area contributed by atoms with Crippen LogP contribution in [0.1, 0.15) is 12.8 Å². The highest BCUT2D eigenvalue weighted by Gasteiger charge is 2.27. The van der Waals surface area contributed by atoms with E-state index in [4.69, 9.17) is 24.2 Å². The Bertz CT molecular complexity index is 1330. The number of methoxy groups -OCH3 is 3. The molecule has 1 saturated heterocycles. The number of aliphatic hydroxyl groups excluding tert-OH is 1. The van der Waals surface area contributed by atoms with Gasteiger partial charge >= 0.3 is 0 Å². The first-order valence-corrected chi connectivity index (χ1v) is 11.2. The minimum atomic E-state index is 0.00719. The molecule has 1 unspecified atom stereocenters. The molecule has 0 aliphatic carbocycles. The summed E-state index contributed by atoms with van der Waals surface area (Å²) in [7, 11) is 6.62. The topological polar surface area (TPSA) is 125 Å². The number of benzene rings is 1. The first-order valence-electron chi connectivity index (χ1n) is 11.2. The van der Waals surface area contributed by atoms with Crippen molar-refractivity contribution in [2.75, 3.05) is 44.7 Å². The summed E-state index contributed by atoms with van der Waals surface area (Å²) in [6, 6.07) is 3.69. The normalized spacial score (nSPS) is 15.6. The number of imidazole rings is 2. The van der Waals surface area contributed by atoms with E-state index in [1.54, 1.807) is 34.0 Å². The summed E-state index contributed by atoms with van der Waals surface area (Å²) in [5.74, 6) is 3.30. The van der Waals surface area contributed by atoms with E-state index >= 15 is 0 Å². The van der Waals surface area contributed by atoms with Gasteiger partial charge in [0.1, 0.15) is 12.1 Å². The molecule has 12 heteroatoms. The number of aliphatic hydroxyl groups is 1. The lowest BCUT2D eigenvalue weighted by Crippen LogP contribution is -2.33. The smallest absolute Gasteiger partial charge is 0.229 e. The zero-order valence-corrected chi connectivity index (χ0v) is 20.1. The van der Waals surface area contributed by atoms with E-state index in [1.165, 1.54) is 0 Å². The third-order valence-corrected chi connectivity index (χ3v) is 6.17. The van der Waals surface area contributed by atoms with Crippen LogP contribution in [0.5, 0.6) is 17.2 Å². The summed E-state index contributed by atoms with van der Waals surface area (Å²) >= 11 is 0. The van der Waals surface area contributed by atoms with Crippen LogP contribution < -0.4 is 24.4 Å². The molecule has 0 saturated carbocycles. The number of aromatic nitrogens is 6. The molecule has 0 spiro atoms. The van der Waals surface area contributed by atoms with Gasteiger partial charge in [-0.1, -0.05) is 0 Å². The Morgan fingerprint density at radius 1 is 1.06 bits per heavy atom. The van der Waals surface area contributed by atoms with Crippen LogP contribution in [0.25, 0.3) is 16.9 Å². The van der Waals surface area contributed by atoms with Crippen molar-refractivity contribution in [2.45, 2.75) is 18.9 Å². The van der Waals surface area contributed by atoms with Crippen LogP contribution in [0.2, 0.25) is 0 Å². The van der Waals surface area contributed by atoms with E-state index in [0.717, 1.165) is 25.1 Å². The fourth-order valence-electron chi connectivity index (χ4n) is 4.37. The Morgan fingerprint density at radius 2 is 1.83 bits per heavy atom. The van der Waals surface area contributed by atoms with Gasteiger partial charge in [-0.15, -0.1) is 0 Å². The van der Waals surface area contributed by atoms with Crippen LogP contribution in [0.4, 0.5) is 17.6 Å². The lowest BCUT2D eigenvalue weighted by Gasteiger charge is -2.23. The first kappa shape index (κ1) is 22.7.